The average Bonchev–Trinajstić information content (AvgIpc) is 2.32. The van der Waals surface area contributed by atoms with Crippen LogP contribution in [0.1, 0.15) is 44.6 Å². The van der Waals surface area contributed by atoms with Crippen molar-refractivity contribution in [3.05, 3.63) is 35.9 Å². The Morgan fingerprint density at radius 1 is 1.25 bits per heavy atom. The van der Waals surface area contributed by atoms with Crippen molar-refractivity contribution in [1.82, 2.24) is 0 Å². The molecule has 0 aromatic heterocycles. The molecule has 2 rings (SSSR count). The first-order chi connectivity index (χ1) is 7.71. The summed E-state index contributed by atoms with van der Waals surface area (Å²) >= 11 is 0. The topological polar surface area (TPSA) is 26.0 Å². The maximum Gasteiger partial charge on any atom is 0.0183 e. The molecule has 0 spiro atoms. The monoisotopic (exact) mass is 217 g/mol. The van der Waals surface area contributed by atoms with Gasteiger partial charge >= 0.3 is 0 Å². The Kier molecular flexibility index (Phi) is 3.65. The molecule has 16 heavy (non-hydrogen) atoms. The molecule has 1 nitrogen and oxygen atoms in total. The molecule has 1 aromatic carbocycles. The van der Waals surface area contributed by atoms with Crippen LogP contribution in [0, 0.1) is 5.92 Å². The number of aryl methyl sites for hydroxylation is 1. The Labute approximate surface area is 99.0 Å². The molecule has 1 aromatic rings. The van der Waals surface area contributed by atoms with E-state index in [1.165, 1.54) is 31.2 Å². The summed E-state index contributed by atoms with van der Waals surface area (Å²) in [7, 11) is 0. The Bertz CT molecular complexity index is 319. The van der Waals surface area contributed by atoms with Gasteiger partial charge in [0.05, 0.1) is 0 Å². The number of hydrogen-bond acceptors (Lipinski definition) is 1. The summed E-state index contributed by atoms with van der Waals surface area (Å²) in [5, 5.41) is 0. The first kappa shape index (κ1) is 11.7. The molecule has 0 heterocycles. The van der Waals surface area contributed by atoms with Gasteiger partial charge in [0.15, 0.2) is 0 Å². The van der Waals surface area contributed by atoms with Crippen LogP contribution in [0.15, 0.2) is 30.3 Å². The van der Waals surface area contributed by atoms with Crippen molar-refractivity contribution in [2.45, 2.75) is 51.0 Å². The summed E-state index contributed by atoms with van der Waals surface area (Å²) in [6.07, 6.45) is 7.47. The minimum atomic E-state index is 0.0914. The molecule has 1 saturated carbocycles. The van der Waals surface area contributed by atoms with Gasteiger partial charge in [0.25, 0.3) is 0 Å². The standard InChI is InChI=1S/C15H23N/c1-13-7-5-6-11-15(13,16)12-10-14-8-3-2-4-9-14/h2-4,8-9,13H,5-7,10-12,16H2,1H3. The quantitative estimate of drug-likeness (QED) is 0.823. The smallest absolute Gasteiger partial charge is 0.0183 e. The summed E-state index contributed by atoms with van der Waals surface area (Å²) in [6.45, 7) is 2.32. The largest absolute Gasteiger partial charge is 0.325 e. The summed E-state index contributed by atoms with van der Waals surface area (Å²) < 4.78 is 0. The van der Waals surface area contributed by atoms with Crippen molar-refractivity contribution in [1.29, 1.82) is 0 Å². The lowest BCUT2D eigenvalue weighted by atomic mass is 9.71. The predicted octanol–water partition coefficient (Wildman–Crippen LogP) is 3.53. The highest BCUT2D eigenvalue weighted by Crippen LogP contribution is 2.34. The second kappa shape index (κ2) is 5.01. The van der Waals surface area contributed by atoms with Crippen LogP contribution < -0.4 is 5.73 Å². The molecule has 1 aliphatic carbocycles. The fourth-order valence-electron chi connectivity index (χ4n) is 2.83. The zero-order valence-electron chi connectivity index (χ0n) is 10.3. The normalized spacial score (nSPS) is 30.2. The third-order valence-electron chi connectivity index (χ3n) is 4.23. The summed E-state index contributed by atoms with van der Waals surface area (Å²) in [5.41, 5.74) is 8.06. The van der Waals surface area contributed by atoms with Crippen LogP contribution in [0.3, 0.4) is 0 Å². The van der Waals surface area contributed by atoms with Crippen LogP contribution in [-0.2, 0) is 6.42 Å². The summed E-state index contributed by atoms with van der Waals surface area (Å²) in [5.74, 6) is 0.685. The van der Waals surface area contributed by atoms with Crippen LogP contribution in [0.2, 0.25) is 0 Å². The molecular formula is C15H23N. The first-order valence-corrected chi connectivity index (χ1v) is 6.53. The van der Waals surface area contributed by atoms with Gasteiger partial charge in [-0.15, -0.1) is 0 Å². The van der Waals surface area contributed by atoms with E-state index in [0.717, 1.165) is 12.8 Å². The van der Waals surface area contributed by atoms with E-state index in [1.54, 1.807) is 0 Å². The van der Waals surface area contributed by atoms with Gasteiger partial charge in [-0.2, -0.15) is 0 Å². The van der Waals surface area contributed by atoms with Crippen molar-refractivity contribution < 1.29 is 0 Å². The highest BCUT2D eigenvalue weighted by Gasteiger charge is 2.33. The molecule has 88 valence electrons. The summed E-state index contributed by atoms with van der Waals surface area (Å²) in [6, 6.07) is 10.7. The fourth-order valence-corrected chi connectivity index (χ4v) is 2.83. The Balaban J connectivity index is 1.93. The van der Waals surface area contributed by atoms with E-state index in [1.807, 2.05) is 0 Å². The first-order valence-electron chi connectivity index (χ1n) is 6.53. The highest BCUT2D eigenvalue weighted by molar-refractivity contribution is 5.15. The van der Waals surface area contributed by atoms with E-state index in [-0.39, 0.29) is 5.54 Å². The molecule has 2 unspecified atom stereocenters. The minimum absolute atomic E-state index is 0.0914. The lowest BCUT2D eigenvalue weighted by molar-refractivity contribution is 0.192. The maximum absolute atomic E-state index is 6.55. The molecule has 1 aliphatic rings. The number of rotatable bonds is 3. The lowest BCUT2D eigenvalue weighted by Gasteiger charge is -2.39. The third kappa shape index (κ3) is 2.65. The third-order valence-corrected chi connectivity index (χ3v) is 4.23. The van der Waals surface area contributed by atoms with E-state index in [4.69, 9.17) is 5.73 Å². The molecule has 2 N–H and O–H groups in total. The maximum atomic E-state index is 6.55. The van der Waals surface area contributed by atoms with E-state index < -0.39 is 0 Å². The average molecular weight is 217 g/mol. The molecule has 0 bridgehead atoms. The Morgan fingerprint density at radius 3 is 2.69 bits per heavy atom. The van der Waals surface area contributed by atoms with E-state index in [2.05, 4.69) is 37.3 Å². The Hall–Kier alpha value is -0.820. The van der Waals surface area contributed by atoms with Gasteiger partial charge in [0.1, 0.15) is 0 Å². The number of benzene rings is 1. The molecular weight excluding hydrogens is 194 g/mol. The molecule has 0 amide bonds. The molecule has 0 saturated heterocycles. The van der Waals surface area contributed by atoms with Gasteiger partial charge in [-0.1, -0.05) is 50.1 Å². The van der Waals surface area contributed by atoms with Gasteiger partial charge in [-0.3, -0.25) is 0 Å². The van der Waals surface area contributed by atoms with Crippen LogP contribution in [0.25, 0.3) is 0 Å². The second-order valence-electron chi connectivity index (χ2n) is 5.37. The SMILES string of the molecule is CC1CCCCC1(N)CCc1ccccc1. The predicted molar refractivity (Wildman–Crippen MR) is 69.3 cm³/mol. The van der Waals surface area contributed by atoms with Gasteiger partial charge in [-0.05, 0) is 37.2 Å². The van der Waals surface area contributed by atoms with Gasteiger partial charge in [0, 0.05) is 5.54 Å². The second-order valence-corrected chi connectivity index (χ2v) is 5.37. The van der Waals surface area contributed by atoms with Crippen molar-refractivity contribution in [3.8, 4) is 0 Å². The molecule has 2 atom stereocenters. The van der Waals surface area contributed by atoms with Crippen LogP contribution in [0.4, 0.5) is 0 Å². The van der Waals surface area contributed by atoms with Crippen molar-refractivity contribution in [2.75, 3.05) is 0 Å². The highest BCUT2D eigenvalue weighted by atomic mass is 14.8. The Morgan fingerprint density at radius 2 is 2.00 bits per heavy atom. The lowest BCUT2D eigenvalue weighted by Crippen LogP contribution is -2.48. The van der Waals surface area contributed by atoms with E-state index in [0.29, 0.717) is 5.92 Å². The van der Waals surface area contributed by atoms with Crippen molar-refractivity contribution in [2.24, 2.45) is 11.7 Å². The van der Waals surface area contributed by atoms with Gasteiger partial charge in [-0.25, -0.2) is 0 Å². The van der Waals surface area contributed by atoms with E-state index >= 15 is 0 Å². The van der Waals surface area contributed by atoms with Crippen molar-refractivity contribution in [3.63, 3.8) is 0 Å². The van der Waals surface area contributed by atoms with Crippen LogP contribution in [-0.4, -0.2) is 5.54 Å². The number of nitrogens with two attached hydrogens (primary N) is 1. The minimum Gasteiger partial charge on any atom is -0.325 e. The molecule has 1 heteroatoms. The molecule has 0 aliphatic heterocycles. The van der Waals surface area contributed by atoms with Gasteiger partial charge in [0.2, 0.25) is 0 Å². The van der Waals surface area contributed by atoms with Gasteiger partial charge < -0.3 is 5.73 Å². The zero-order valence-corrected chi connectivity index (χ0v) is 10.3. The van der Waals surface area contributed by atoms with Crippen LogP contribution >= 0.6 is 0 Å². The molecule has 0 radical (unpaired) electrons. The summed E-state index contributed by atoms with van der Waals surface area (Å²) in [4.78, 5) is 0. The van der Waals surface area contributed by atoms with E-state index in [9.17, 15) is 0 Å². The van der Waals surface area contributed by atoms with Crippen molar-refractivity contribution >= 4 is 0 Å². The fraction of sp³-hybridized carbons (Fsp3) is 0.600. The van der Waals surface area contributed by atoms with Crippen LogP contribution in [0.5, 0.6) is 0 Å². The molecule has 1 fully saturated rings. The number of hydrogen-bond donors (Lipinski definition) is 1. The zero-order chi connectivity index (χ0) is 11.4.